The minimum atomic E-state index is -0.588. The number of halogens is 1. The largest absolute Gasteiger partial charge is 0.465 e. The Morgan fingerprint density at radius 2 is 2.28 bits per heavy atom. The van der Waals surface area contributed by atoms with Crippen molar-refractivity contribution in [2.45, 2.75) is 25.8 Å². The number of carbonyl (C=O) groups excluding carboxylic acids is 1. The van der Waals surface area contributed by atoms with Gasteiger partial charge in [0.15, 0.2) is 0 Å². The normalized spacial score (nSPS) is 26.1. The molecule has 2 aliphatic heterocycles. The fourth-order valence-electron chi connectivity index (χ4n) is 2.59. The standard InChI is InChI=1S/C13H19FN2O2/c1-2-18-12(17)13(5-7-15-8-6-13)11-4-3-10(14)9-16-11/h3-4,9,11,15-16H,2,5-8H2,1H3. The van der Waals surface area contributed by atoms with E-state index in [2.05, 4.69) is 10.6 Å². The van der Waals surface area contributed by atoms with Gasteiger partial charge in [-0.1, -0.05) is 6.08 Å². The number of ether oxygens (including phenoxy) is 1. The number of nitrogens with one attached hydrogen (secondary N) is 2. The van der Waals surface area contributed by atoms with Gasteiger partial charge in [-0.25, -0.2) is 4.39 Å². The summed E-state index contributed by atoms with van der Waals surface area (Å²) in [6.07, 6.45) is 5.84. The van der Waals surface area contributed by atoms with Crippen molar-refractivity contribution in [2.75, 3.05) is 19.7 Å². The fourth-order valence-corrected chi connectivity index (χ4v) is 2.59. The molecule has 1 saturated heterocycles. The van der Waals surface area contributed by atoms with Crippen molar-refractivity contribution < 1.29 is 13.9 Å². The van der Waals surface area contributed by atoms with Crippen molar-refractivity contribution in [2.24, 2.45) is 5.41 Å². The molecule has 2 aliphatic rings. The fraction of sp³-hybridized carbons (Fsp3) is 0.615. The molecule has 0 aromatic heterocycles. The molecule has 5 heteroatoms. The first-order valence-corrected chi connectivity index (χ1v) is 6.37. The number of hydrogen-bond donors (Lipinski definition) is 2. The van der Waals surface area contributed by atoms with Crippen LogP contribution in [-0.2, 0) is 9.53 Å². The minimum absolute atomic E-state index is 0.190. The molecule has 1 unspecified atom stereocenters. The highest BCUT2D eigenvalue weighted by atomic mass is 19.1. The number of dihydropyridines is 1. The summed E-state index contributed by atoms with van der Waals surface area (Å²) in [7, 11) is 0. The molecule has 4 nitrogen and oxygen atoms in total. The Morgan fingerprint density at radius 3 is 2.83 bits per heavy atom. The Hall–Kier alpha value is -1.36. The molecule has 0 aliphatic carbocycles. The van der Waals surface area contributed by atoms with E-state index in [1.54, 1.807) is 13.0 Å². The molecular weight excluding hydrogens is 235 g/mol. The highest BCUT2D eigenvalue weighted by Gasteiger charge is 2.46. The average molecular weight is 254 g/mol. The van der Waals surface area contributed by atoms with E-state index in [0.717, 1.165) is 13.1 Å². The molecule has 2 heterocycles. The van der Waals surface area contributed by atoms with Crippen LogP contribution >= 0.6 is 0 Å². The lowest BCUT2D eigenvalue weighted by molar-refractivity contribution is -0.158. The summed E-state index contributed by atoms with van der Waals surface area (Å²) in [5.74, 6) is -0.511. The van der Waals surface area contributed by atoms with Gasteiger partial charge in [0.2, 0.25) is 0 Å². The molecule has 0 radical (unpaired) electrons. The van der Waals surface area contributed by atoms with Crippen LogP contribution in [0, 0.1) is 5.41 Å². The van der Waals surface area contributed by atoms with Crippen molar-refractivity contribution in [3.8, 4) is 0 Å². The van der Waals surface area contributed by atoms with Crippen molar-refractivity contribution in [1.82, 2.24) is 10.6 Å². The van der Waals surface area contributed by atoms with E-state index in [9.17, 15) is 9.18 Å². The highest BCUT2D eigenvalue weighted by molar-refractivity contribution is 5.78. The third-order valence-corrected chi connectivity index (χ3v) is 3.62. The van der Waals surface area contributed by atoms with Crippen molar-refractivity contribution in [3.63, 3.8) is 0 Å². The summed E-state index contributed by atoms with van der Waals surface area (Å²) < 4.78 is 18.2. The summed E-state index contributed by atoms with van der Waals surface area (Å²) in [5.41, 5.74) is -0.588. The Labute approximate surface area is 106 Å². The Bertz CT molecular complexity index is 373. The number of piperidine rings is 1. The first-order chi connectivity index (χ1) is 8.69. The van der Waals surface area contributed by atoms with Crippen molar-refractivity contribution in [1.29, 1.82) is 0 Å². The van der Waals surface area contributed by atoms with E-state index in [4.69, 9.17) is 4.74 Å². The molecule has 0 aromatic carbocycles. The maximum Gasteiger partial charge on any atom is 0.314 e. The number of allylic oxidation sites excluding steroid dienone is 2. The van der Waals surface area contributed by atoms with Gasteiger partial charge in [-0.15, -0.1) is 0 Å². The van der Waals surface area contributed by atoms with Crippen LogP contribution in [0.1, 0.15) is 19.8 Å². The second kappa shape index (κ2) is 5.52. The average Bonchev–Trinajstić information content (AvgIpc) is 2.40. The Morgan fingerprint density at radius 1 is 1.56 bits per heavy atom. The third kappa shape index (κ3) is 2.41. The lowest BCUT2D eigenvalue weighted by Crippen LogP contribution is -2.54. The van der Waals surface area contributed by atoms with Gasteiger partial charge in [0, 0.05) is 6.20 Å². The molecule has 0 spiro atoms. The van der Waals surface area contributed by atoms with E-state index >= 15 is 0 Å². The van der Waals surface area contributed by atoms with Gasteiger partial charge in [-0.3, -0.25) is 4.79 Å². The first-order valence-electron chi connectivity index (χ1n) is 6.37. The van der Waals surface area contributed by atoms with Gasteiger partial charge in [0.05, 0.1) is 18.1 Å². The monoisotopic (exact) mass is 254 g/mol. The summed E-state index contributed by atoms with van der Waals surface area (Å²) in [5, 5.41) is 6.20. The van der Waals surface area contributed by atoms with E-state index in [0.29, 0.717) is 19.4 Å². The zero-order chi connectivity index (χ0) is 13.0. The zero-order valence-electron chi connectivity index (χ0n) is 10.5. The summed E-state index contributed by atoms with van der Waals surface area (Å²) in [4.78, 5) is 12.3. The number of hydrogen-bond acceptors (Lipinski definition) is 4. The molecule has 1 atom stereocenters. The van der Waals surface area contributed by atoms with Gasteiger partial charge in [0.25, 0.3) is 0 Å². The molecule has 18 heavy (non-hydrogen) atoms. The number of esters is 1. The number of rotatable bonds is 3. The van der Waals surface area contributed by atoms with Crippen LogP contribution in [0.3, 0.4) is 0 Å². The molecule has 0 bridgehead atoms. The molecule has 100 valence electrons. The van der Waals surface area contributed by atoms with Crippen LogP contribution in [0.15, 0.2) is 24.2 Å². The van der Waals surface area contributed by atoms with Crippen LogP contribution in [0.4, 0.5) is 4.39 Å². The maximum atomic E-state index is 13.0. The quantitative estimate of drug-likeness (QED) is 0.744. The zero-order valence-corrected chi connectivity index (χ0v) is 10.5. The predicted octanol–water partition coefficient (Wildman–Crippen LogP) is 1.26. The Balaban J connectivity index is 2.19. The SMILES string of the molecule is CCOC(=O)C1(C2C=CC(F)=CN2)CCNCC1. The van der Waals surface area contributed by atoms with Gasteiger partial charge in [-0.05, 0) is 38.9 Å². The van der Waals surface area contributed by atoms with Crippen molar-refractivity contribution in [3.05, 3.63) is 24.2 Å². The molecule has 1 fully saturated rings. The molecule has 0 amide bonds. The maximum absolute atomic E-state index is 13.0. The van der Waals surface area contributed by atoms with Crippen LogP contribution < -0.4 is 10.6 Å². The topological polar surface area (TPSA) is 50.4 Å². The first kappa shape index (κ1) is 13.1. The lowest BCUT2D eigenvalue weighted by atomic mass is 9.72. The molecule has 2 N–H and O–H groups in total. The van der Waals surface area contributed by atoms with E-state index in [1.807, 2.05) is 0 Å². The third-order valence-electron chi connectivity index (χ3n) is 3.62. The molecule has 0 aromatic rings. The van der Waals surface area contributed by atoms with Crippen molar-refractivity contribution >= 4 is 5.97 Å². The Kier molecular flexibility index (Phi) is 4.01. The summed E-state index contributed by atoms with van der Waals surface area (Å²) in [6, 6.07) is -0.196. The second-order valence-corrected chi connectivity index (χ2v) is 4.66. The summed E-state index contributed by atoms with van der Waals surface area (Å²) >= 11 is 0. The van der Waals surface area contributed by atoms with E-state index in [-0.39, 0.29) is 17.8 Å². The molecule has 0 saturated carbocycles. The smallest absolute Gasteiger partial charge is 0.314 e. The van der Waals surface area contributed by atoms with Crippen LogP contribution in [0.25, 0.3) is 0 Å². The van der Waals surface area contributed by atoms with Gasteiger partial charge >= 0.3 is 5.97 Å². The van der Waals surface area contributed by atoms with Crippen LogP contribution in [-0.4, -0.2) is 31.7 Å². The van der Waals surface area contributed by atoms with Gasteiger partial charge < -0.3 is 15.4 Å². The molecular formula is C13H19FN2O2. The van der Waals surface area contributed by atoms with Gasteiger partial charge in [-0.2, -0.15) is 0 Å². The summed E-state index contributed by atoms with van der Waals surface area (Å²) in [6.45, 7) is 3.72. The highest BCUT2D eigenvalue weighted by Crippen LogP contribution is 2.36. The lowest BCUT2D eigenvalue weighted by Gasteiger charge is -2.41. The number of carbonyl (C=O) groups is 1. The van der Waals surface area contributed by atoms with Crippen LogP contribution in [0.5, 0.6) is 0 Å². The van der Waals surface area contributed by atoms with Gasteiger partial charge in [0.1, 0.15) is 5.83 Å². The van der Waals surface area contributed by atoms with E-state index in [1.165, 1.54) is 12.3 Å². The predicted molar refractivity (Wildman–Crippen MR) is 66.4 cm³/mol. The van der Waals surface area contributed by atoms with Crippen LogP contribution in [0.2, 0.25) is 0 Å². The second-order valence-electron chi connectivity index (χ2n) is 4.66. The minimum Gasteiger partial charge on any atom is -0.465 e. The molecule has 2 rings (SSSR count). The van der Waals surface area contributed by atoms with E-state index < -0.39 is 5.41 Å².